The van der Waals surface area contributed by atoms with Crippen molar-refractivity contribution in [1.82, 2.24) is 0 Å². The summed E-state index contributed by atoms with van der Waals surface area (Å²) in [5, 5.41) is 47.6. The predicted molar refractivity (Wildman–Crippen MR) is 149 cm³/mol. The molecule has 0 radical (unpaired) electrons. The fourth-order valence-electron chi connectivity index (χ4n) is 7.78. The first kappa shape index (κ1) is 28.9. The number of fused-ring (bicyclic) bond motifs is 5. The number of aliphatic hydroxyl groups is 4. The molecule has 1 aliphatic heterocycles. The van der Waals surface area contributed by atoms with Crippen molar-refractivity contribution in [3.63, 3.8) is 0 Å². The summed E-state index contributed by atoms with van der Waals surface area (Å²) in [5.74, 6) is -3.15. The largest absolute Gasteiger partial charge is 0.455 e. The predicted octanol–water partition coefficient (Wildman–Crippen LogP) is 2.46. The third kappa shape index (κ3) is 3.79. The molecule has 7 unspecified atom stereocenters. The molecule has 3 aliphatic carbocycles. The maximum Gasteiger partial charge on any atom is 0.338 e. The van der Waals surface area contributed by atoms with Crippen LogP contribution in [-0.4, -0.2) is 84.9 Å². The molecular weight excluding hydrogens is 540 g/mol. The van der Waals surface area contributed by atoms with Gasteiger partial charge in [0.2, 0.25) is 0 Å². The Bertz CT molecular complexity index is 1250. The number of benzene rings is 1. The zero-order valence-electron chi connectivity index (χ0n) is 22.7. The van der Waals surface area contributed by atoms with Gasteiger partial charge >= 0.3 is 5.97 Å². The van der Waals surface area contributed by atoms with Crippen LogP contribution in [0.5, 0.6) is 0 Å². The molecule has 1 saturated heterocycles. The molecule has 1 aromatic rings. The summed E-state index contributed by atoms with van der Waals surface area (Å²) in [7, 11) is 0. The van der Waals surface area contributed by atoms with Crippen molar-refractivity contribution in [1.29, 1.82) is 0 Å². The van der Waals surface area contributed by atoms with Crippen LogP contribution in [-0.2, 0) is 14.3 Å². The van der Waals surface area contributed by atoms with E-state index in [1.807, 2.05) is 0 Å². The van der Waals surface area contributed by atoms with Gasteiger partial charge in [-0.1, -0.05) is 51.2 Å². The molecule has 8 nitrogen and oxygen atoms in total. The lowest BCUT2D eigenvalue weighted by atomic mass is 9.43. The van der Waals surface area contributed by atoms with E-state index in [1.165, 1.54) is 11.8 Å². The number of Topliss-reactive ketones (excluding diaryl/α,β-unsaturated/α-hetero) is 1. The molecule has 1 aromatic carbocycles. The van der Waals surface area contributed by atoms with E-state index in [-0.39, 0.29) is 30.6 Å². The highest BCUT2D eigenvalue weighted by molar-refractivity contribution is 8.22. The molecule has 9 atom stereocenters. The summed E-state index contributed by atoms with van der Waals surface area (Å²) < 4.78 is 12.5. The van der Waals surface area contributed by atoms with E-state index < -0.39 is 70.0 Å². The van der Waals surface area contributed by atoms with Gasteiger partial charge in [0.1, 0.15) is 23.4 Å². The van der Waals surface area contributed by atoms with Crippen LogP contribution in [0.2, 0.25) is 0 Å². The number of thiocarbonyl (C=S) groups is 1. The Labute approximate surface area is 237 Å². The number of thioether (sulfide) groups is 1. The molecule has 0 amide bonds. The second-order valence-electron chi connectivity index (χ2n) is 12.2. The Balaban J connectivity index is 1.81. The first-order valence-electron chi connectivity index (χ1n) is 13.2. The van der Waals surface area contributed by atoms with Crippen molar-refractivity contribution in [2.45, 2.75) is 76.2 Å². The van der Waals surface area contributed by atoms with E-state index in [1.54, 1.807) is 64.3 Å². The zero-order chi connectivity index (χ0) is 28.7. The lowest BCUT2D eigenvalue weighted by molar-refractivity contribution is -0.334. The molecule has 39 heavy (non-hydrogen) atoms. The second-order valence-corrected chi connectivity index (χ2v) is 13.7. The number of ether oxygens (including phenoxy) is 2. The number of aliphatic hydroxyl groups excluding tert-OH is 2. The van der Waals surface area contributed by atoms with E-state index in [0.29, 0.717) is 9.77 Å². The summed E-state index contributed by atoms with van der Waals surface area (Å²) in [4.78, 5) is 28.1. The Hall–Kier alpha value is -1.66. The highest BCUT2D eigenvalue weighted by Gasteiger charge is 2.76. The van der Waals surface area contributed by atoms with Crippen LogP contribution in [0.4, 0.5) is 0 Å². The first-order chi connectivity index (χ1) is 18.2. The Morgan fingerprint density at radius 1 is 1.15 bits per heavy atom. The standard InChI is InChI=1S/C29H36O8S2/c1-14-17(30)12-29(35)23(37-24(33)15-9-7-6-8-10-15)21-27(4,22(32)20(31)19(14)26(29,2)3)16(25(38)39-5)11-18-28(21,34)13-36-18/h6-10,16-18,20-21,23,30-31,34-35H,11-13H2,1-5H3/t16-,17?,18?,20?,21?,23?,27-,28?,29?/m1/s1. The lowest BCUT2D eigenvalue weighted by Crippen LogP contribution is -2.80. The number of esters is 1. The number of rotatable bonds is 3. The van der Waals surface area contributed by atoms with Gasteiger partial charge in [-0.3, -0.25) is 4.79 Å². The SMILES string of the molecule is CSC(=S)[C@H]1CC2OCC2(O)C2C(OC(=O)c3ccccc3)C3(O)CC(O)C(C)=C(C(O)C(=O)[C@@]21C)C3(C)C. The van der Waals surface area contributed by atoms with E-state index in [2.05, 4.69) is 0 Å². The van der Waals surface area contributed by atoms with E-state index in [0.717, 1.165) is 0 Å². The third-order valence-electron chi connectivity index (χ3n) is 10.2. The number of carbonyl (C=O) groups is 2. The summed E-state index contributed by atoms with van der Waals surface area (Å²) in [5.41, 5.74) is -5.66. The van der Waals surface area contributed by atoms with Crippen molar-refractivity contribution in [3.8, 4) is 0 Å². The Morgan fingerprint density at radius 3 is 2.36 bits per heavy atom. The molecule has 0 spiro atoms. The maximum absolute atomic E-state index is 14.5. The van der Waals surface area contributed by atoms with Crippen molar-refractivity contribution in [2.75, 3.05) is 12.9 Å². The molecular formula is C29H36O8S2. The second kappa shape index (κ2) is 9.44. The number of carbonyl (C=O) groups excluding carboxylic acids is 2. The van der Waals surface area contributed by atoms with Crippen LogP contribution in [0.1, 0.15) is 50.9 Å². The molecule has 0 aromatic heterocycles. The van der Waals surface area contributed by atoms with Gasteiger partial charge in [-0.15, -0.1) is 11.8 Å². The van der Waals surface area contributed by atoms with Crippen LogP contribution < -0.4 is 0 Å². The molecule has 212 valence electrons. The van der Waals surface area contributed by atoms with Crippen molar-refractivity contribution in [3.05, 3.63) is 47.0 Å². The lowest BCUT2D eigenvalue weighted by Gasteiger charge is -2.67. The fraction of sp³-hybridized carbons (Fsp3) is 0.621. The van der Waals surface area contributed by atoms with E-state index in [9.17, 15) is 30.0 Å². The molecule has 4 N–H and O–H groups in total. The molecule has 4 aliphatic rings. The molecule has 10 heteroatoms. The van der Waals surface area contributed by atoms with Gasteiger partial charge in [-0.05, 0) is 42.9 Å². The number of hydrogen-bond donors (Lipinski definition) is 4. The minimum absolute atomic E-state index is 0.139. The molecule has 3 fully saturated rings. The highest BCUT2D eigenvalue weighted by Crippen LogP contribution is 2.64. The van der Waals surface area contributed by atoms with Crippen molar-refractivity contribution >= 4 is 39.9 Å². The fourth-order valence-corrected chi connectivity index (χ4v) is 8.74. The Morgan fingerprint density at radius 2 is 1.79 bits per heavy atom. The smallest absolute Gasteiger partial charge is 0.338 e. The minimum atomic E-state index is -1.97. The van der Waals surface area contributed by atoms with Gasteiger partial charge in [0.25, 0.3) is 0 Å². The minimum Gasteiger partial charge on any atom is -0.455 e. The van der Waals surface area contributed by atoms with Gasteiger partial charge in [0.05, 0.1) is 28.6 Å². The van der Waals surface area contributed by atoms with Gasteiger partial charge in [0.15, 0.2) is 5.78 Å². The van der Waals surface area contributed by atoms with Gasteiger partial charge < -0.3 is 29.9 Å². The van der Waals surface area contributed by atoms with Crippen molar-refractivity contribution < 1.29 is 39.5 Å². The first-order valence-corrected chi connectivity index (χ1v) is 14.8. The van der Waals surface area contributed by atoms with Gasteiger partial charge in [-0.2, -0.15) is 0 Å². The molecule has 2 saturated carbocycles. The molecule has 5 rings (SSSR count). The van der Waals surface area contributed by atoms with E-state index >= 15 is 0 Å². The van der Waals surface area contributed by atoms with Crippen LogP contribution in [0.15, 0.2) is 41.5 Å². The van der Waals surface area contributed by atoms with Crippen LogP contribution in [0, 0.1) is 22.7 Å². The topological polar surface area (TPSA) is 134 Å². The third-order valence-corrected chi connectivity index (χ3v) is 11.6. The van der Waals surface area contributed by atoms with E-state index in [4.69, 9.17) is 21.7 Å². The number of hydrogen-bond acceptors (Lipinski definition) is 10. The quantitative estimate of drug-likeness (QED) is 0.242. The van der Waals surface area contributed by atoms with Gasteiger partial charge in [0, 0.05) is 29.1 Å². The van der Waals surface area contributed by atoms with Crippen LogP contribution in [0.3, 0.4) is 0 Å². The Kier molecular flexibility index (Phi) is 6.98. The summed E-state index contributed by atoms with van der Waals surface area (Å²) in [6.45, 7) is 6.49. The summed E-state index contributed by atoms with van der Waals surface area (Å²) in [6.07, 6.45) is -3.24. The van der Waals surface area contributed by atoms with Crippen molar-refractivity contribution in [2.24, 2.45) is 22.7 Å². The van der Waals surface area contributed by atoms with Crippen LogP contribution >= 0.6 is 24.0 Å². The zero-order valence-corrected chi connectivity index (χ0v) is 24.3. The average Bonchev–Trinajstić information content (AvgIpc) is 2.89. The average molecular weight is 577 g/mol. The normalized spacial score (nSPS) is 42.8. The maximum atomic E-state index is 14.5. The monoisotopic (exact) mass is 576 g/mol. The highest BCUT2D eigenvalue weighted by atomic mass is 32.2. The summed E-state index contributed by atoms with van der Waals surface area (Å²) in [6, 6.07) is 8.28. The van der Waals surface area contributed by atoms with Crippen LogP contribution in [0.25, 0.3) is 0 Å². The molecule has 1 heterocycles. The molecule has 2 bridgehead atoms. The summed E-state index contributed by atoms with van der Waals surface area (Å²) >= 11 is 7.02. The van der Waals surface area contributed by atoms with Gasteiger partial charge in [-0.25, -0.2) is 4.79 Å². The number of ketones is 1.